The molecular weight excluding hydrogens is 356 g/mol. The van der Waals surface area contributed by atoms with Gasteiger partial charge < -0.3 is 14.8 Å². The van der Waals surface area contributed by atoms with Crippen LogP contribution in [0.5, 0.6) is 11.5 Å². The Labute approximate surface area is 163 Å². The van der Waals surface area contributed by atoms with Crippen LogP contribution in [-0.4, -0.2) is 31.2 Å². The van der Waals surface area contributed by atoms with Gasteiger partial charge in [0.15, 0.2) is 18.1 Å². The van der Waals surface area contributed by atoms with E-state index in [1.165, 1.54) is 5.57 Å². The van der Waals surface area contributed by atoms with Gasteiger partial charge in [0.2, 0.25) is 0 Å². The van der Waals surface area contributed by atoms with Crippen LogP contribution >= 0.6 is 0 Å². The van der Waals surface area contributed by atoms with Crippen LogP contribution in [0.4, 0.5) is 0 Å². The van der Waals surface area contributed by atoms with Crippen molar-refractivity contribution in [2.24, 2.45) is 10.9 Å². The lowest BCUT2D eigenvalue weighted by Gasteiger charge is -2.33. The number of allylic oxidation sites excluding steroid dienone is 3. The fraction of sp³-hybridized carbons (Fsp3) is 0.318. The number of carbonyl (C=O) groups excluding carboxylic acids is 2. The van der Waals surface area contributed by atoms with E-state index in [-0.39, 0.29) is 18.4 Å². The van der Waals surface area contributed by atoms with E-state index in [1.54, 1.807) is 25.3 Å². The van der Waals surface area contributed by atoms with Crippen molar-refractivity contribution in [3.8, 4) is 11.5 Å². The van der Waals surface area contributed by atoms with E-state index in [9.17, 15) is 9.59 Å². The van der Waals surface area contributed by atoms with E-state index in [0.29, 0.717) is 17.2 Å². The number of amides is 2. The van der Waals surface area contributed by atoms with E-state index in [4.69, 9.17) is 9.47 Å². The summed E-state index contributed by atoms with van der Waals surface area (Å²) in [5, 5.41) is 2.97. The van der Waals surface area contributed by atoms with Crippen molar-refractivity contribution in [3.63, 3.8) is 0 Å². The number of nitrogens with zero attached hydrogens (tertiary/aromatic N) is 1. The first-order chi connectivity index (χ1) is 13.7. The van der Waals surface area contributed by atoms with Gasteiger partial charge in [-0.05, 0) is 55.5 Å². The minimum Gasteiger partial charge on any atom is -0.493 e. The third kappa shape index (κ3) is 3.63. The van der Waals surface area contributed by atoms with E-state index in [2.05, 4.69) is 10.3 Å². The topological polar surface area (TPSA) is 77.0 Å². The maximum atomic E-state index is 12.4. The summed E-state index contributed by atoms with van der Waals surface area (Å²) in [5.74, 6) is 0.726. The summed E-state index contributed by atoms with van der Waals surface area (Å²) < 4.78 is 10.7. The first kappa shape index (κ1) is 18.2. The fourth-order valence-corrected chi connectivity index (χ4v) is 3.87. The molecule has 0 aromatic heterocycles. The molecule has 0 fully saturated rings. The van der Waals surface area contributed by atoms with Gasteiger partial charge in [0.25, 0.3) is 11.8 Å². The SMILES string of the molecule is COc1ccccc1OCC(=O)N=C1C=CC2C(=C1)NC(=O)C1=C2CCCC1. The molecule has 4 rings (SSSR count). The number of benzene rings is 1. The largest absolute Gasteiger partial charge is 0.493 e. The number of nitrogens with one attached hydrogen (secondary N) is 1. The third-order valence-corrected chi connectivity index (χ3v) is 5.19. The molecule has 0 spiro atoms. The first-order valence-electron chi connectivity index (χ1n) is 9.46. The maximum Gasteiger partial charge on any atom is 0.284 e. The van der Waals surface area contributed by atoms with Gasteiger partial charge in [-0.25, -0.2) is 4.99 Å². The van der Waals surface area contributed by atoms with E-state index < -0.39 is 5.91 Å². The summed E-state index contributed by atoms with van der Waals surface area (Å²) in [5.41, 5.74) is 3.45. The second-order valence-corrected chi connectivity index (χ2v) is 6.97. The Hall–Kier alpha value is -3.15. The van der Waals surface area contributed by atoms with Gasteiger partial charge in [0.1, 0.15) is 0 Å². The number of hydrogen-bond acceptors (Lipinski definition) is 4. The van der Waals surface area contributed by atoms with Crippen LogP contribution in [0, 0.1) is 5.92 Å². The number of carbonyl (C=O) groups is 2. The predicted molar refractivity (Wildman–Crippen MR) is 105 cm³/mol. The van der Waals surface area contributed by atoms with Crippen molar-refractivity contribution in [2.45, 2.75) is 25.7 Å². The molecule has 1 unspecified atom stereocenters. The van der Waals surface area contributed by atoms with Crippen molar-refractivity contribution in [3.05, 3.63) is 59.3 Å². The maximum absolute atomic E-state index is 12.4. The van der Waals surface area contributed by atoms with Crippen LogP contribution in [0.2, 0.25) is 0 Å². The third-order valence-electron chi connectivity index (χ3n) is 5.19. The molecule has 28 heavy (non-hydrogen) atoms. The molecule has 1 N–H and O–H groups in total. The van der Waals surface area contributed by atoms with E-state index in [0.717, 1.165) is 37.0 Å². The molecule has 1 atom stereocenters. The Balaban J connectivity index is 1.46. The van der Waals surface area contributed by atoms with Crippen LogP contribution in [0.1, 0.15) is 25.7 Å². The number of methoxy groups -OCH3 is 1. The Kier molecular flexibility index (Phi) is 5.10. The number of rotatable bonds is 4. The Bertz CT molecular complexity index is 940. The number of ether oxygens (including phenoxy) is 2. The molecule has 1 aliphatic heterocycles. The second kappa shape index (κ2) is 7.84. The molecule has 0 radical (unpaired) electrons. The van der Waals surface area contributed by atoms with Gasteiger partial charge in [-0.1, -0.05) is 18.2 Å². The molecule has 2 amide bonds. The number of para-hydroxylation sites is 2. The summed E-state index contributed by atoms with van der Waals surface area (Å²) in [6.07, 6.45) is 9.61. The Morgan fingerprint density at radius 2 is 2.00 bits per heavy atom. The van der Waals surface area contributed by atoms with Gasteiger partial charge in [0, 0.05) is 17.2 Å². The Morgan fingerprint density at radius 3 is 2.82 bits per heavy atom. The molecule has 1 aromatic rings. The number of hydrogen-bond donors (Lipinski definition) is 1. The van der Waals surface area contributed by atoms with Crippen molar-refractivity contribution in [1.29, 1.82) is 0 Å². The zero-order valence-electron chi connectivity index (χ0n) is 15.7. The van der Waals surface area contributed by atoms with Crippen molar-refractivity contribution in [2.75, 3.05) is 13.7 Å². The number of fused-ring (bicyclic) bond motifs is 2. The molecule has 0 bridgehead atoms. The lowest BCUT2D eigenvalue weighted by atomic mass is 9.77. The quantitative estimate of drug-likeness (QED) is 0.873. The van der Waals surface area contributed by atoms with Crippen LogP contribution in [0.15, 0.2) is 64.3 Å². The molecule has 144 valence electrons. The van der Waals surface area contributed by atoms with Crippen molar-refractivity contribution >= 4 is 17.5 Å². The van der Waals surface area contributed by atoms with Gasteiger partial charge in [-0.3, -0.25) is 9.59 Å². The summed E-state index contributed by atoms with van der Waals surface area (Å²) in [6.45, 7) is -0.189. The van der Waals surface area contributed by atoms with Gasteiger partial charge in [-0.2, -0.15) is 0 Å². The zero-order valence-corrected chi connectivity index (χ0v) is 15.7. The summed E-state index contributed by atoms with van der Waals surface area (Å²) in [4.78, 5) is 28.7. The molecule has 1 heterocycles. The zero-order chi connectivity index (χ0) is 19.5. The summed E-state index contributed by atoms with van der Waals surface area (Å²) >= 11 is 0. The minimum atomic E-state index is -0.402. The highest BCUT2D eigenvalue weighted by Gasteiger charge is 2.33. The van der Waals surface area contributed by atoms with Gasteiger partial charge in [-0.15, -0.1) is 0 Å². The number of aliphatic imine (C=N–C) groups is 1. The Morgan fingerprint density at radius 1 is 1.21 bits per heavy atom. The van der Waals surface area contributed by atoms with E-state index >= 15 is 0 Å². The predicted octanol–water partition coefficient (Wildman–Crippen LogP) is 3.11. The lowest BCUT2D eigenvalue weighted by Crippen LogP contribution is -2.37. The molecule has 3 aliphatic rings. The molecule has 6 nitrogen and oxygen atoms in total. The highest BCUT2D eigenvalue weighted by molar-refractivity contribution is 6.11. The molecular formula is C22H22N2O4. The van der Waals surface area contributed by atoms with Crippen molar-refractivity contribution < 1.29 is 19.1 Å². The van der Waals surface area contributed by atoms with Crippen LogP contribution in [-0.2, 0) is 9.59 Å². The van der Waals surface area contributed by atoms with Crippen LogP contribution < -0.4 is 14.8 Å². The molecule has 0 saturated heterocycles. The summed E-state index contributed by atoms with van der Waals surface area (Å²) in [6, 6.07) is 7.14. The highest BCUT2D eigenvalue weighted by Crippen LogP contribution is 2.38. The highest BCUT2D eigenvalue weighted by atomic mass is 16.5. The molecule has 1 aromatic carbocycles. The van der Waals surface area contributed by atoms with Gasteiger partial charge >= 0.3 is 0 Å². The normalized spacial score (nSPS) is 22.2. The molecule has 2 aliphatic carbocycles. The average Bonchev–Trinajstić information content (AvgIpc) is 2.72. The fourth-order valence-electron chi connectivity index (χ4n) is 3.87. The van der Waals surface area contributed by atoms with Crippen LogP contribution in [0.25, 0.3) is 0 Å². The minimum absolute atomic E-state index is 0.0160. The first-order valence-corrected chi connectivity index (χ1v) is 9.46. The van der Waals surface area contributed by atoms with Crippen molar-refractivity contribution in [1.82, 2.24) is 5.32 Å². The van der Waals surface area contributed by atoms with E-state index in [1.807, 2.05) is 24.3 Å². The standard InChI is InChI=1S/C22H22N2O4/c1-27-19-8-4-5-9-20(19)28-13-21(25)23-14-10-11-16-15-6-2-3-7-17(15)22(26)24-18(16)12-14/h4-5,8-12,16H,2-3,6-7,13H2,1H3,(H,24,26). The monoisotopic (exact) mass is 378 g/mol. The smallest absolute Gasteiger partial charge is 0.284 e. The van der Waals surface area contributed by atoms with Crippen LogP contribution in [0.3, 0.4) is 0 Å². The lowest BCUT2D eigenvalue weighted by molar-refractivity contribution is -0.119. The molecule has 0 saturated carbocycles. The summed E-state index contributed by atoms with van der Waals surface area (Å²) in [7, 11) is 1.55. The average molecular weight is 378 g/mol. The molecule has 6 heteroatoms. The second-order valence-electron chi connectivity index (χ2n) is 6.97. The van der Waals surface area contributed by atoms with Gasteiger partial charge in [0.05, 0.1) is 12.8 Å².